The molecule has 0 radical (unpaired) electrons. The highest BCUT2D eigenvalue weighted by atomic mass is 127. The molecule has 0 spiro atoms. The molecule has 0 aliphatic rings. The Hall–Kier alpha value is -1.86. The number of ether oxygens (including phenoxy) is 3. The van der Waals surface area contributed by atoms with Crippen LogP contribution in [0, 0.1) is 7.14 Å². The fourth-order valence-corrected chi connectivity index (χ4v) is 4.32. The molecule has 32 heavy (non-hydrogen) atoms. The molecule has 0 heterocycles. The molecule has 0 fully saturated rings. The Labute approximate surface area is 222 Å². The second-order valence-corrected chi connectivity index (χ2v) is 9.74. The monoisotopic (exact) mass is 720 g/mol. The van der Waals surface area contributed by atoms with Gasteiger partial charge in [0, 0.05) is 10.0 Å². The minimum Gasteiger partial charge on any atom is -0.496 e. The number of nitrogens with zero attached hydrogens (tertiary/aromatic N) is 1. The second kappa shape index (κ2) is 11.8. The van der Waals surface area contributed by atoms with Gasteiger partial charge in [-0.3, -0.25) is 4.79 Å². The maximum Gasteiger partial charge on any atom is 0.271 e. The normalized spacial score (nSPS) is 10.8. The van der Waals surface area contributed by atoms with Crippen molar-refractivity contribution in [3.63, 3.8) is 0 Å². The van der Waals surface area contributed by atoms with Crippen LogP contribution in [0.1, 0.15) is 21.5 Å². The van der Waals surface area contributed by atoms with Crippen LogP contribution in [-0.4, -0.2) is 26.3 Å². The van der Waals surface area contributed by atoms with Gasteiger partial charge in [-0.15, -0.1) is 0 Å². The summed E-state index contributed by atoms with van der Waals surface area (Å²) < 4.78 is 19.6. The summed E-state index contributed by atoms with van der Waals surface area (Å²) in [5.41, 5.74) is 4.81. The van der Waals surface area contributed by atoms with Crippen LogP contribution in [0.4, 0.5) is 0 Å². The van der Waals surface area contributed by atoms with Gasteiger partial charge in [-0.05, 0) is 98.8 Å². The van der Waals surface area contributed by atoms with Crippen LogP contribution in [0.5, 0.6) is 17.2 Å². The number of carbonyl (C=O) groups is 1. The van der Waals surface area contributed by atoms with Gasteiger partial charge in [-0.25, -0.2) is 5.43 Å². The lowest BCUT2D eigenvalue weighted by Gasteiger charge is -2.13. The van der Waals surface area contributed by atoms with E-state index in [0.29, 0.717) is 29.4 Å². The molecule has 3 aromatic carbocycles. The number of carbonyl (C=O) groups excluding carboxylic acids is 1. The van der Waals surface area contributed by atoms with E-state index >= 15 is 0 Å². The van der Waals surface area contributed by atoms with Gasteiger partial charge in [-0.1, -0.05) is 28.1 Å². The number of amides is 1. The van der Waals surface area contributed by atoms with E-state index in [1.807, 2.05) is 42.5 Å². The molecule has 0 aromatic heterocycles. The predicted molar refractivity (Wildman–Crippen MR) is 145 cm³/mol. The number of benzene rings is 3. The van der Waals surface area contributed by atoms with E-state index in [-0.39, 0.29) is 5.91 Å². The molecule has 1 N–H and O–H groups in total. The molecule has 3 aromatic rings. The molecule has 6 nitrogen and oxygen atoms in total. The lowest BCUT2D eigenvalue weighted by Crippen LogP contribution is -2.17. The van der Waals surface area contributed by atoms with Crippen molar-refractivity contribution in [3.8, 4) is 17.2 Å². The topological polar surface area (TPSA) is 69.2 Å². The lowest BCUT2D eigenvalue weighted by atomic mass is 10.2. The molecule has 0 atom stereocenters. The average Bonchev–Trinajstić information content (AvgIpc) is 2.79. The van der Waals surface area contributed by atoms with Crippen LogP contribution in [0.2, 0.25) is 0 Å². The molecule has 3 rings (SSSR count). The van der Waals surface area contributed by atoms with E-state index in [0.717, 1.165) is 22.7 Å². The van der Waals surface area contributed by atoms with Gasteiger partial charge in [0.25, 0.3) is 5.91 Å². The number of methoxy groups -OCH3 is 2. The molecule has 0 unspecified atom stereocenters. The summed E-state index contributed by atoms with van der Waals surface area (Å²) in [7, 11) is 3.16. The third kappa shape index (κ3) is 6.58. The van der Waals surface area contributed by atoms with Gasteiger partial charge in [0.2, 0.25) is 0 Å². The molecule has 0 aliphatic carbocycles. The van der Waals surface area contributed by atoms with Crippen LogP contribution in [0.25, 0.3) is 0 Å². The second-order valence-electron chi connectivity index (χ2n) is 6.50. The number of hydrogen-bond acceptors (Lipinski definition) is 5. The molecule has 166 valence electrons. The van der Waals surface area contributed by atoms with Gasteiger partial charge < -0.3 is 14.2 Å². The maximum absolute atomic E-state index is 12.4. The molecule has 9 heteroatoms. The quantitative estimate of drug-likeness (QED) is 0.176. The van der Waals surface area contributed by atoms with Gasteiger partial charge in [0.15, 0.2) is 11.5 Å². The summed E-state index contributed by atoms with van der Waals surface area (Å²) in [5, 5.41) is 4.07. The standard InChI is InChI=1S/C23H19BrI2N2O4/c1-30-20-11-16(5-8-18(20)25)23(29)28-27-12-15-9-19(26)22(21(10-15)31-2)32-13-14-3-6-17(24)7-4-14/h3-12H,13H2,1-2H3,(H,28,29)/b27-12-. The Morgan fingerprint density at radius 2 is 1.72 bits per heavy atom. The third-order valence-corrected chi connectivity index (χ3v) is 6.56. The SMILES string of the molecule is COc1cc(C(=O)N/N=C\c2cc(I)c(OCc3ccc(Br)cc3)c(OC)c2)ccc1I. The Bertz CT molecular complexity index is 1140. The summed E-state index contributed by atoms with van der Waals surface area (Å²) in [6.45, 7) is 0.419. The van der Waals surface area contributed by atoms with E-state index in [2.05, 4.69) is 71.6 Å². The first kappa shape index (κ1) is 24.8. The smallest absolute Gasteiger partial charge is 0.271 e. The van der Waals surface area contributed by atoms with E-state index in [1.54, 1.807) is 32.6 Å². The summed E-state index contributed by atoms with van der Waals surface area (Å²) in [6, 6.07) is 16.9. The third-order valence-electron chi connectivity index (χ3n) is 4.34. The van der Waals surface area contributed by atoms with E-state index < -0.39 is 0 Å². The van der Waals surface area contributed by atoms with E-state index in [4.69, 9.17) is 14.2 Å². The number of halogens is 3. The fourth-order valence-electron chi connectivity index (χ4n) is 2.72. The summed E-state index contributed by atoms with van der Waals surface area (Å²) in [4.78, 5) is 12.4. The van der Waals surface area contributed by atoms with E-state index in [9.17, 15) is 4.79 Å². The number of rotatable bonds is 8. The number of nitrogens with one attached hydrogen (secondary N) is 1. The van der Waals surface area contributed by atoms with Gasteiger partial charge in [0.1, 0.15) is 12.4 Å². The molecule has 0 saturated heterocycles. The molecular formula is C23H19BrI2N2O4. The van der Waals surface area contributed by atoms with Crippen molar-refractivity contribution in [3.05, 3.63) is 82.9 Å². The van der Waals surface area contributed by atoms with Crippen molar-refractivity contribution in [2.45, 2.75) is 6.61 Å². The highest BCUT2D eigenvalue weighted by Crippen LogP contribution is 2.34. The van der Waals surface area contributed by atoms with Gasteiger partial charge in [0.05, 0.1) is 27.6 Å². The summed E-state index contributed by atoms with van der Waals surface area (Å²) in [5.74, 6) is 1.56. The molecule has 0 saturated carbocycles. The molecular weight excluding hydrogens is 702 g/mol. The zero-order valence-corrected chi connectivity index (χ0v) is 23.1. The first-order valence-electron chi connectivity index (χ1n) is 9.33. The zero-order chi connectivity index (χ0) is 23.1. The van der Waals surface area contributed by atoms with Gasteiger partial charge >= 0.3 is 0 Å². The summed E-state index contributed by atoms with van der Waals surface area (Å²) >= 11 is 7.77. The Morgan fingerprint density at radius 1 is 1.00 bits per heavy atom. The number of hydrogen-bond donors (Lipinski definition) is 1. The van der Waals surface area contributed by atoms with Crippen molar-refractivity contribution in [2.24, 2.45) is 5.10 Å². The number of hydrazone groups is 1. The van der Waals surface area contributed by atoms with E-state index in [1.165, 1.54) is 0 Å². The van der Waals surface area contributed by atoms with Crippen LogP contribution in [0.15, 0.2) is 64.2 Å². The molecule has 1 amide bonds. The predicted octanol–water partition coefficient (Wildman–Crippen LogP) is 6.02. The zero-order valence-electron chi connectivity index (χ0n) is 17.2. The van der Waals surface area contributed by atoms with Crippen LogP contribution >= 0.6 is 61.1 Å². The maximum atomic E-state index is 12.4. The minimum absolute atomic E-state index is 0.327. The van der Waals surface area contributed by atoms with Crippen molar-refractivity contribution >= 4 is 73.2 Å². The highest BCUT2D eigenvalue weighted by Gasteiger charge is 2.12. The van der Waals surface area contributed by atoms with Gasteiger partial charge in [-0.2, -0.15) is 5.10 Å². The summed E-state index contributed by atoms with van der Waals surface area (Å²) in [6.07, 6.45) is 1.56. The molecule has 0 bridgehead atoms. The molecule has 0 aliphatic heterocycles. The Kier molecular flexibility index (Phi) is 9.17. The largest absolute Gasteiger partial charge is 0.496 e. The minimum atomic E-state index is -0.327. The van der Waals surface area contributed by atoms with Crippen molar-refractivity contribution < 1.29 is 19.0 Å². The van der Waals surface area contributed by atoms with Crippen LogP contribution in [-0.2, 0) is 6.61 Å². The average molecular weight is 721 g/mol. The Morgan fingerprint density at radius 3 is 2.41 bits per heavy atom. The van der Waals surface area contributed by atoms with Crippen molar-refractivity contribution in [2.75, 3.05) is 14.2 Å². The lowest BCUT2D eigenvalue weighted by molar-refractivity contribution is 0.0954. The fraction of sp³-hybridized carbons (Fsp3) is 0.130. The van der Waals surface area contributed by atoms with Crippen LogP contribution in [0.3, 0.4) is 0 Å². The first-order chi connectivity index (χ1) is 15.4. The Balaban J connectivity index is 1.69. The van der Waals surface area contributed by atoms with Crippen LogP contribution < -0.4 is 19.6 Å². The first-order valence-corrected chi connectivity index (χ1v) is 12.3. The van der Waals surface area contributed by atoms with Crippen molar-refractivity contribution in [1.29, 1.82) is 0 Å². The highest BCUT2D eigenvalue weighted by molar-refractivity contribution is 14.1. The van der Waals surface area contributed by atoms with Crippen molar-refractivity contribution in [1.82, 2.24) is 5.43 Å².